The Bertz CT molecular complexity index is 847. The molecule has 0 saturated heterocycles. The van der Waals surface area contributed by atoms with Crippen LogP contribution in [0.4, 0.5) is 0 Å². The van der Waals surface area contributed by atoms with Crippen LogP contribution in [0.15, 0.2) is 53.4 Å². The van der Waals surface area contributed by atoms with E-state index in [0.717, 1.165) is 10.5 Å². The number of amides is 2. The zero-order valence-electron chi connectivity index (χ0n) is 17.7. The zero-order chi connectivity index (χ0) is 21.6. The lowest BCUT2D eigenvalue weighted by atomic mass is 10.1. The van der Waals surface area contributed by atoms with Gasteiger partial charge in [-0.1, -0.05) is 41.4 Å². The van der Waals surface area contributed by atoms with E-state index >= 15 is 0 Å². The average Bonchev–Trinajstić information content (AvgIpc) is 2.63. The summed E-state index contributed by atoms with van der Waals surface area (Å²) in [4.78, 5) is 28.5. The Hall–Kier alpha value is -1.98. The Morgan fingerprint density at radius 1 is 1.14 bits per heavy atom. The predicted octanol–water partition coefficient (Wildman–Crippen LogP) is 5.07. The monoisotopic (exact) mass is 432 g/mol. The number of thioether (sulfide) groups is 1. The van der Waals surface area contributed by atoms with Crippen LogP contribution in [0, 0.1) is 6.92 Å². The number of halogens is 1. The Morgan fingerprint density at radius 3 is 2.38 bits per heavy atom. The van der Waals surface area contributed by atoms with E-state index < -0.39 is 6.04 Å². The van der Waals surface area contributed by atoms with Crippen molar-refractivity contribution < 1.29 is 9.59 Å². The van der Waals surface area contributed by atoms with Crippen LogP contribution in [0.1, 0.15) is 38.8 Å². The standard InChI is InChI=1S/C23H29ClN2O2S/c1-16-9-11-20(12-10-16)29-15-21(27)26(14-18-7-6-8-19(24)13-18)17(2)22(28)25-23(3,4)5/h6-13,17H,14-15H2,1-5H3,(H,25,28). The summed E-state index contributed by atoms with van der Waals surface area (Å²) in [6, 6.07) is 14.8. The number of nitrogens with one attached hydrogen (secondary N) is 1. The van der Waals surface area contributed by atoms with Crippen LogP contribution in [0.5, 0.6) is 0 Å². The van der Waals surface area contributed by atoms with Crippen molar-refractivity contribution in [3.05, 3.63) is 64.7 Å². The molecular formula is C23H29ClN2O2S. The molecule has 0 aliphatic rings. The van der Waals surface area contributed by atoms with Crippen molar-refractivity contribution in [3.8, 4) is 0 Å². The van der Waals surface area contributed by atoms with E-state index in [1.165, 1.54) is 17.3 Å². The van der Waals surface area contributed by atoms with E-state index in [1.807, 2.05) is 70.2 Å². The summed E-state index contributed by atoms with van der Waals surface area (Å²) in [5.74, 6) is -0.00291. The van der Waals surface area contributed by atoms with Crippen LogP contribution < -0.4 is 5.32 Å². The second-order valence-electron chi connectivity index (χ2n) is 8.17. The molecule has 2 aromatic rings. The van der Waals surface area contributed by atoms with E-state index in [-0.39, 0.29) is 23.1 Å². The van der Waals surface area contributed by atoms with Crippen LogP contribution in [-0.4, -0.2) is 34.0 Å². The third kappa shape index (κ3) is 7.75. The molecule has 0 saturated carbocycles. The van der Waals surface area contributed by atoms with Crippen molar-refractivity contribution in [1.29, 1.82) is 0 Å². The topological polar surface area (TPSA) is 49.4 Å². The number of rotatable bonds is 7. The SMILES string of the molecule is Cc1ccc(SCC(=O)N(Cc2cccc(Cl)c2)C(C)C(=O)NC(C)(C)C)cc1. The molecule has 29 heavy (non-hydrogen) atoms. The first kappa shape index (κ1) is 23.3. The number of hydrogen-bond donors (Lipinski definition) is 1. The Kier molecular flexibility index (Phi) is 8.17. The summed E-state index contributed by atoms with van der Waals surface area (Å²) in [6.07, 6.45) is 0. The van der Waals surface area contributed by atoms with Crippen molar-refractivity contribution in [3.63, 3.8) is 0 Å². The summed E-state index contributed by atoms with van der Waals surface area (Å²) in [6.45, 7) is 9.89. The summed E-state index contributed by atoms with van der Waals surface area (Å²) in [5, 5.41) is 3.57. The Morgan fingerprint density at radius 2 is 1.79 bits per heavy atom. The molecule has 2 aromatic carbocycles. The van der Waals surface area contributed by atoms with Gasteiger partial charge >= 0.3 is 0 Å². The molecule has 1 unspecified atom stereocenters. The highest BCUT2D eigenvalue weighted by molar-refractivity contribution is 8.00. The van der Waals surface area contributed by atoms with E-state index in [2.05, 4.69) is 5.32 Å². The fourth-order valence-electron chi connectivity index (χ4n) is 2.75. The van der Waals surface area contributed by atoms with Gasteiger partial charge in [-0.3, -0.25) is 9.59 Å². The van der Waals surface area contributed by atoms with Crippen LogP contribution in [0.25, 0.3) is 0 Å². The van der Waals surface area contributed by atoms with Gasteiger partial charge in [0.2, 0.25) is 11.8 Å². The van der Waals surface area contributed by atoms with E-state index in [0.29, 0.717) is 11.6 Å². The van der Waals surface area contributed by atoms with Gasteiger partial charge in [0, 0.05) is 22.0 Å². The molecule has 1 atom stereocenters. The van der Waals surface area contributed by atoms with Crippen molar-refractivity contribution >= 4 is 35.2 Å². The molecule has 0 spiro atoms. The molecular weight excluding hydrogens is 404 g/mol. The molecule has 0 radical (unpaired) electrons. The van der Waals surface area contributed by atoms with Gasteiger partial charge in [-0.05, 0) is 64.4 Å². The normalized spacial score (nSPS) is 12.3. The lowest BCUT2D eigenvalue weighted by Gasteiger charge is -2.31. The van der Waals surface area contributed by atoms with Crippen molar-refractivity contribution in [2.75, 3.05) is 5.75 Å². The largest absolute Gasteiger partial charge is 0.350 e. The second kappa shape index (κ2) is 10.2. The second-order valence-corrected chi connectivity index (χ2v) is 9.65. The quantitative estimate of drug-likeness (QED) is 0.621. The van der Waals surface area contributed by atoms with E-state index in [4.69, 9.17) is 11.6 Å². The highest BCUT2D eigenvalue weighted by Crippen LogP contribution is 2.21. The number of benzene rings is 2. The maximum atomic E-state index is 13.1. The molecule has 0 fully saturated rings. The average molecular weight is 433 g/mol. The van der Waals surface area contributed by atoms with Gasteiger partial charge in [0.1, 0.15) is 6.04 Å². The minimum Gasteiger partial charge on any atom is -0.350 e. The van der Waals surface area contributed by atoms with Crippen molar-refractivity contribution in [1.82, 2.24) is 10.2 Å². The summed E-state index contributed by atoms with van der Waals surface area (Å²) in [5.41, 5.74) is 1.70. The molecule has 0 bridgehead atoms. The van der Waals surface area contributed by atoms with Gasteiger partial charge in [0.15, 0.2) is 0 Å². The Labute approximate surface area is 183 Å². The number of carbonyl (C=O) groups is 2. The molecule has 6 heteroatoms. The van der Waals surface area contributed by atoms with E-state index in [9.17, 15) is 9.59 Å². The van der Waals surface area contributed by atoms with Gasteiger partial charge in [-0.25, -0.2) is 0 Å². The van der Waals surface area contributed by atoms with Gasteiger partial charge in [0.05, 0.1) is 5.75 Å². The van der Waals surface area contributed by atoms with Crippen molar-refractivity contribution in [2.45, 2.75) is 57.6 Å². The zero-order valence-corrected chi connectivity index (χ0v) is 19.2. The fraction of sp³-hybridized carbons (Fsp3) is 0.391. The molecule has 0 aromatic heterocycles. The lowest BCUT2D eigenvalue weighted by Crippen LogP contribution is -2.52. The molecule has 0 heterocycles. The minimum atomic E-state index is -0.598. The van der Waals surface area contributed by atoms with Crippen LogP contribution in [0.3, 0.4) is 0 Å². The molecule has 156 valence electrons. The molecule has 4 nitrogen and oxygen atoms in total. The number of hydrogen-bond acceptors (Lipinski definition) is 3. The smallest absolute Gasteiger partial charge is 0.242 e. The fourth-order valence-corrected chi connectivity index (χ4v) is 3.75. The number of aryl methyl sites for hydroxylation is 1. The van der Waals surface area contributed by atoms with Gasteiger partial charge in [0.25, 0.3) is 0 Å². The van der Waals surface area contributed by atoms with Gasteiger partial charge < -0.3 is 10.2 Å². The lowest BCUT2D eigenvalue weighted by molar-refractivity contribution is -0.139. The first-order chi connectivity index (χ1) is 13.5. The maximum Gasteiger partial charge on any atom is 0.242 e. The van der Waals surface area contributed by atoms with Crippen LogP contribution in [-0.2, 0) is 16.1 Å². The third-order valence-electron chi connectivity index (χ3n) is 4.29. The highest BCUT2D eigenvalue weighted by atomic mass is 35.5. The van der Waals surface area contributed by atoms with Crippen LogP contribution in [0.2, 0.25) is 5.02 Å². The molecule has 0 aliphatic heterocycles. The van der Waals surface area contributed by atoms with E-state index in [1.54, 1.807) is 17.9 Å². The van der Waals surface area contributed by atoms with Gasteiger partial charge in [-0.15, -0.1) is 11.8 Å². The summed E-state index contributed by atoms with van der Waals surface area (Å²) in [7, 11) is 0. The molecule has 2 amide bonds. The number of carbonyl (C=O) groups excluding carboxylic acids is 2. The van der Waals surface area contributed by atoms with Gasteiger partial charge in [-0.2, -0.15) is 0 Å². The molecule has 1 N–H and O–H groups in total. The highest BCUT2D eigenvalue weighted by Gasteiger charge is 2.28. The minimum absolute atomic E-state index is 0.0906. The van der Waals surface area contributed by atoms with Crippen molar-refractivity contribution in [2.24, 2.45) is 0 Å². The summed E-state index contributed by atoms with van der Waals surface area (Å²) >= 11 is 7.58. The summed E-state index contributed by atoms with van der Waals surface area (Å²) < 4.78 is 0. The Balaban J connectivity index is 2.16. The maximum absolute atomic E-state index is 13.1. The molecule has 2 rings (SSSR count). The first-order valence-corrected chi connectivity index (χ1v) is 11.0. The predicted molar refractivity (Wildman–Crippen MR) is 121 cm³/mol. The molecule has 0 aliphatic carbocycles. The number of nitrogens with zero attached hydrogens (tertiary/aromatic N) is 1. The first-order valence-electron chi connectivity index (χ1n) is 9.60. The van der Waals surface area contributed by atoms with Crippen LogP contribution >= 0.6 is 23.4 Å². The third-order valence-corrected chi connectivity index (χ3v) is 5.52.